The molecule has 0 fully saturated rings. The van der Waals surface area contributed by atoms with E-state index in [0.717, 1.165) is 17.5 Å². The fourth-order valence-corrected chi connectivity index (χ4v) is 2.50. The molecule has 0 aliphatic heterocycles. The second kappa shape index (κ2) is 29.9. The number of hydrogen-bond acceptors (Lipinski definition) is 10. The highest BCUT2D eigenvalue weighted by Gasteiger charge is 1.99. The molecule has 0 saturated carbocycles. The first-order valence-corrected chi connectivity index (χ1v) is 13.2. The summed E-state index contributed by atoms with van der Waals surface area (Å²) in [5, 5.41) is 0. The van der Waals surface area contributed by atoms with Crippen LogP contribution < -0.4 is 0 Å². The molecule has 0 aromatic carbocycles. The van der Waals surface area contributed by atoms with Crippen LogP contribution in [0.4, 0.5) is 0 Å². The minimum absolute atomic E-state index is 0.183. The lowest BCUT2D eigenvalue weighted by atomic mass is 10.3. The van der Waals surface area contributed by atoms with Crippen LogP contribution in [0.2, 0.25) is 0 Å². The Morgan fingerprint density at radius 2 is 0.758 bits per heavy atom. The molecule has 0 aromatic heterocycles. The third-order valence-corrected chi connectivity index (χ3v) is 4.21. The summed E-state index contributed by atoms with van der Waals surface area (Å²) < 4.78 is 49.0. The van der Waals surface area contributed by atoms with Gasteiger partial charge in [-0.2, -0.15) is 0 Å². The Kier molecular flexibility index (Phi) is 29.8. The summed E-state index contributed by atoms with van der Waals surface area (Å²) in [6.07, 6.45) is 1.24. The number of hydrogen-bond donors (Lipinski definition) is 0. The maximum absolute atomic E-state index is 11.1. The molecule has 33 heavy (non-hydrogen) atoms. The molecule has 0 rings (SSSR count). The van der Waals surface area contributed by atoms with Gasteiger partial charge in [-0.1, -0.05) is 29.5 Å². The van der Waals surface area contributed by atoms with E-state index in [0.29, 0.717) is 106 Å². The average Bonchev–Trinajstić information content (AvgIpc) is 2.81. The molecular formula is C22H43IO10. The molecule has 0 unspecified atom stereocenters. The Balaban J connectivity index is 3.03. The normalized spacial score (nSPS) is 11.2. The molecule has 0 spiro atoms. The van der Waals surface area contributed by atoms with Crippen LogP contribution in [0, 0.1) is 0 Å². The minimum atomic E-state index is -0.183. The number of halogens is 1. The number of alkyl halides is 1. The van der Waals surface area contributed by atoms with Gasteiger partial charge in [-0.25, -0.2) is 0 Å². The highest BCUT2D eigenvalue weighted by Crippen LogP contribution is 1.91. The van der Waals surface area contributed by atoms with Crippen LogP contribution in [0.1, 0.15) is 19.8 Å². The van der Waals surface area contributed by atoms with Crippen LogP contribution in [0.5, 0.6) is 0 Å². The van der Waals surface area contributed by atoms with Crippen LogP contribution in [-0.2, 0) is 47.4 Å². The third-order valence-electron chi connectivity index (χ3n) is 3.77. The van der Waals surface area contributed by atoms with Gasteiger partial charge in [-0.05, 0) is 6.42 Å². The zero-order chi connectivity index (χ0) is 24.1. The fourth-order valence-electron chi connectivity index (χ4n) is 2.19. The molecule has 0 bridgehead atoms. The topological polar surface area (TPSA) is 100 Å². The van der Waals surface area contributed by atoms with E-state index in [1.165, 1.54) is 0 Å². The monoisotopic (exact) mass is 594 g/mol. The lowest BCUT2D eigenvalue weighted by Crippen LogP contribution is -2.15. The first-order chi connectivity index (χ1) is 16.3. The van der Waals surface area contributed by atoms with Crippen molar-refractivity contribution < 1.29 is 47.4 Å². The van der Waals surface area contributed by atoms with Crippen molar-refractivity contribution in [2.24, 2.45) is 0 Å². The highest BCUT2D eigenvalue weighted by molar-refractivity contribution is 14.1. The standard InChI is InChI=1S/C22H43IO10/c1-2-3-22(24)33-21-20-32-19-18-31-17-16-30-15-14-29-13-12-28-11-10-27-9-8-26-7-6-25-5-4-23/h2-21H2,1H3. The zero-order valence-electron chi connectivity index (χ0n) is 20.1. The van der Waals surface area contributed by atoms with Crippen LogP contribution in [-0.4, -0.2) is 123 Å². The maximum atomic E-state index is 11.1. The van der Waals surface area contributed by atoms with E-state index >= 15 is 0 Å². The van der Waals surface area contributed by atoms with Crippen molar-refractivity contribution in [3.8, 4) is 0 Å². The van der Waals surface area contributed by atoms with Crippen molar-refractivity contribution in [1.82, 2.24) is 0 Å². The van der Waals surface area contributed by atoms with Gasteiger partial charge >= 0.3 is 5.97 Å². The Hall–Kier alpha value is -0.120. The quantitative estimate of drug-likeness (QED) is 0.0578. The fraction of sp³-hybridized carbons (Fsp3) is 0.955. The van der Waals surface area contributed by atoms with Crippen LogP contribution in [0.25, 0.3) is 0 Å². The van der Waals surface area contributed by atoms with Gasteiger partial charge in [0.15, 0.2) is 0 Å². The molecule has 10 nitrogen and oxygen atoms in total. The lowest BCUT2D eigenvalue weighted by molar-refractivity contribution is -0.145. The number of rotatable bonds is 28. The van der Waals surface area contributed by atoms with Gasteiger partial charge in [-0.15, -0.1) is 0 Å². The summed E-state index contributed by atoms with van der Waals surface area (Å²) in [6.45, 7) is 10.8. The number of esters is 1. The van der Waals surface area contributed by atoms with Gasteiger partial charge < -0.3 is 42.6 Å². The van der Waals surface area contributed by atoms with Gasteiger partial charge in [0.25, 0.3) is 0 Å². The minimum Gasteiger partial charge on any atom is -0.463 e. The van der Waals surface area contributed by atoms with E-state index in [-0.39, 0.29) is 12.6 Å². The van der Waals surface area contributed by atoms with Crippen molar-refractivity contribution in [1.29, 1.82) is 0 Å². The first-order valence-electron chi connectivity index (χ1n) is 11.6. The third kappa shape index (κ3) is 29.8. The Morgan fingerprint density at radius 1 is 0.485 bits per heavy atom. The Labute approximate surface area is 212 Å². The summed E-state index contributed by atoms with van der Waals surface area (Å²) >= 11 is 2.27. The molecule has 198 valence electrons. The largest absolute Gasteiger partial charge is 0.463 e. The summed E-state index contributed by atoms with van der Waals surface area (Å²) in [6, 6.07) is 0. The second-order valence-electron chi connectivity index (χ2n) is 6.56. The summed E-state index contributed by atoms with van der Waals surface area (Å²) in [5.74, 6) is -0.183. The van der Waals surface area contributed by atoms with E-state index in [1.54, 1.807) is 0 Å². The molecular weight excluding hydrogens is 551 g/mol. The molecule has 0 heterocycles. The second-order valence-corrected chi connectivity index (χ2v) is 7.64. The molecule has 0 aliphatic carbocycles. The zero-order valence-corrected chi connectivity index (χ0v) is 22.3. The van der Waals surface area contributed by atoms with E-state index < -0.39 is 0 Å². The van der Waals surface area contributed by atoms with Crippen LogP contribution in [0.15, 0.2) is 0 Å². The van der Waals surface area contributed by atoms with E-state index in [2.05, 4.69) is 22.6 Å². The van der Waals surface area contributed by atoms with E-state index in [1.807, 2.05) is 6.92 Å². The van der Waals surface area contributed by atoms with Gasteiger partial charge in [0.05, 0.1) is 106 Å². The molecule has 0 amide bonds. The van der Waals surface area contributed by atoms with Crippen molar-refractivity contribution in [3.05, 3.63) is 0 Å². The number of carbonyl (C=O) groups excluding carboxylic acids is 1. The maximum Gasteiger partial charge on any atom is 0.305 e. The Bertz CT molecular complexity index is 390. The SMILES string of the molecule is CCCC(=O)OCCOCCOCCOCCOCCOCCOCCOCCOCCI. The van der Waals surface area contributed by atoms with Crippen molar-refractivity contribution >= 4 is 28.6 Å². The van der Waals surface area contributed by atoms with Crippen molar-refractivity contribution in [2.75, 3.05) is 117 Å². The van der Waals surface area contributed by atoms with Crippen molar-refractivity contribution in [3.63, 3.8) is 0 Å². The first kappa shape index (κ1) is 32.9. The van der Waals surface area contributed by atoms with E-state index in [9.17, 15) is 4.79 Å². The Morgan fingerprint density at radius 3 is 1.03 bits per heavy atom. The average molecular weight is 594 g/mol. The van der Waals surface area contributed by atoms with E-state index in [4.69, 9.17) is 42.6 Å². The number of carbonyl (C=O) groups is 1. The van der Waals surface area contributed by atoms with Crippen LogP contribution >= 0.6 is 22.6 Å². The lowest BCUT2D eigenvalue weighted by Gasteiger charge is -2.08. The highest BCUT2D eigenvalue weighted by atomic mass is 127. The summed E-state index contributed by atoms with van der Waals surface area (Å²) in [4.78, 5) is 11.1. The number of ether oxygens (including phenoxy) is 9. The smallest absolute Gasteiger partial charge is 0.305 e. The molecule has 0 N–H and O–H groups in total. The molecule has 11 heteroatoms. The molecule has 0 saturated heterocycles. The van der Waals surface area contributed by atoms with Gasteiger partial charge in [-0.3, -0.25) is 4.79 Å². The molecule has 0 aromatic rings. The van der Waals surface area contributed by atoms with Crippen LogP contribution in [0.3, 0.4) is 0 Å². The van der Waals surface area contributed by atoms with Crippen molar-refractivity contribution in [2.45, 2.75) is 19.8 Å². The van der Waals surface area contributed by atoms with Gasteiger partial charge in [0, 0.05) is 10.8 Å². The molecule has 0 aliphatic rings. The molecule has 0 atom stereocenters. The summed E-state index contributed by atoms with van der Waals surface area (Å²) in [5.41, 5.74) is 0. The van der Waals surface area contributed by atoms with Gasteiger partial charge in [0.2, 0.25) is 0 Å². The summed E-state index contributed by atoms with van der Waals surface area (Å²) in [7, 11) is 0. The molecule has 0 radical (unpaired) electrons. The predicted molar refractivity (Wildman–Crippen MR) is 131 cm³/mol. The van der Waals surface area contributed by atoms with Gasteiger partial charge in [0.1, 0.15) is 6.61 Å². The predicted octanol–water partition coefficient (Wildman–Crippen LogP) is 1.90.